The van der Waals surface area contributed by atoms with E-state index in [2.05, 4.69) is 19.9 Å². The molecule has 1 unspecified atom stereocenters. The molecule has 0 aliphatic carbocycles. The summed E-state index contributed by atoms with van der Waals surface area (Å²) in [7, 11) is 3.15. The average Bonchev–Trinajstić information content (AvgIpc) is 2.80. The van der Waals surface area contributed by atoms with E-state index >= 15 is 0 Å². The number of benzene rings is 1. The zero-order valence-corrected chi connectivity index (χ0v) is 19.1. The van der Waals surface area contributed by atoms with Crippen LogP contribution in [-0.2, 0) is 4.74 Å². The molecule has 1 atom stereocenters. The van der Waals surface area contributed by atoms with Crippen molar-refractivity contribution in [3.63, 3.8) is 0 Å². The molecular formula is C22H22ClFN6O3. The van der Waals surface area contributed by atoms with Gasteiger partial charge in [0.25, 0.3) is 5.91 Å². The molecule has 4 rings (SSSR count). The molecular weight excluding hydrogens is 451 g/mol. The Bertz CT molecular complexity index is 1160. The highest BCUT2D eigenvalue weighted by molar-refractivity contribution is 6.29. The Morgan fingerprint density at radius 2 is 2.06 bits per heavy atom. The van der Waals surface area contributed by atoms with Crippen LogP contribution in [0.4, 0.5) is 10.3 Å². The van der Waals surface area contributed by atoms with Gasteiger partial charge in [0, 0.05) is 32.4 Å². The van der Waals surface area contributed by atoms with Gasteiger partial charge in [-0.2, -0.15) is 15.0 Å². The van der Waals surface area contributed by atoms with E-state index in [0.717, 1.165) is 0 Å². The second-order valence-corrected chi connectivity index (χ2v) is 8.03. The number of ether oxygens (including phenoxy) is 2. The normalized spacial score (nSPS) is 15.9. The van der Waals surface area contributed by atoms with Crippen molar-refractivity contribution in [3.8, 4) is 23.1 Å². The molecule has 3 aromatic rings. The molecule has 172 valence electrons. The number of hydrogen-bond donors (Lipinski definition) is 0. The maximum absolute atomic E-state index is 14.7. The van der Waals surface area contributed by atoms with Gasteiger partial charge in [0.2, 0.25) is 5.95 Å². The Kier molecular flexibility index (Phi) is 6.66. The predicted molar refractivity (Wildman–Crippen MR) is 120 cm³/mol. The summed E-state index contributed by atoms with van der Waals surface area (Å²) in [4.78, 5) is 33.3. The van der Waals surface area contributed by atoms with Gasteiger partial charge < -0.3 is 19.3 Å². The van der Waals surface area contributed by atoms with Gasteiger partial charge in [-0.15, -0.1) is 0 Å². The van der Waals surface area contributed by atoms with Crippen molar-refractivity contribution in [3.05, 3.63) is 53.1 Å². The maximum atomic E-state index is 14.7. The lowest BCUT2D eigenvalue weighted by Gasteiger charge is -2.33. The first-order valence-corrected chi connectivity index (χ1v) is 10.6. The zero-order chi connectivity index (χ0) is 23.5. The Morgan fingerprint density at radius 3 is 2.76 bits per heavy atom. The van der Waals surface area contributed by atoms with E-state index in [1.807, 2.05) is 11.8 Å². The topological polar surface area (TPSA) is 93.6 Å². The van der Waals surface area contributed by atoms with E-state index in [4.69, 9.17) is 21.1 Å². The molecule has 1 amide bonds. The molecule has 3 heterocycles. The third-order valence-corrected chi connectivity index (χ3v) is 5.23. The summed E-state index contributed by atoms with van der Waals surface area (Å²) < 4.78 is 26.0. The number of halogens is 2. The maximum Gasteiger partial charge on any atom is 0.327 e. The number of carbonyl (C=O) groups excluding carboxylic acids is 1. The number of rotatable bonds is 5. The highest BCUT2D eigenvalue weighted by Crippen LogP contribution is 2.30. The van der Waals surface area contributed by atoms with Crippen molar-refractivity contribution >= 4 is 23.5 Å². The Morgan fingerprint density at radius 1 is 1.24 bits per heavy atom. The summed E-state index contributed by atoms with van der Waals surface area (Å²) in [5.41, 5.74) is 0.628. The van der Waals surface area contributed by atoms with E-state index < -0.39 is 11.7 Å². The van der Waals surface area contributed by atoms with Crippen molar-refractivity contribution in [2.75, 3.05) is 38.8 Å². The third-order valence-electron chi connectivity index (χ3n) is 5.01. The lowest BCUT2D eigenvalue weighted by Crippen LogP contribution is -2.44. The summed E-state index contributed by atoms with van der Waals surface area (Å²) in [6, 6.07) is 7.31. The van der Waals surface area contributed by atoms with E-state index in [0.29, 0.717) is 36.4 Å². The number of pyridine rings is 1. The number of aromatic nitrogens is 4. The van der Waals surface area contributed by atoms with Gasteiger partial charge in [0.15, 0.2) is 17.4 Å². The summed E-state index contributed by atoms with van der Waals surface area (Å²) in [5.74, 6) is -0.766. The fourth-order valence-corrected chi connectivity index (χ4v) is 3.41. The van der Waals surface area contributed by atoms with Crippen molar-refractivity contribution < 1.29 is 18.7 Å². The van der Waals surface area contributed by atoms with Crippen molar-refractivity contribution in [1.82, 2.24) is 24.8 Å². The number of morpholine rings is 1. The fourth-order valence-electron chi connectivity index (χ4n) is 3.29. The highest BCUT2D eigenvalue weighted by atomic mass is 35.5. The minimum absolute atomic E-state index is 0.00420. The molecule has 9 nitrogen and oxygen atoms in total. The van der Waals surface area contributed by atoms with Crippen molar-refractivity contribution in [2.45, 2.75) is 13.0 Å². The zero-order valence-electron chi connectivity index (χ0n) is 18.3. The van der Waals surface area contributed by atoms with E-state index in [1.165, 1.54) is 29.3 Å². The molecule has 2 aromatic heterocycles. The number of para-hydroxylation sites is 1. The van der Waals surface area contributed by atoms with Gasteiger partial charge in [0.05, 0.1) is 24.8 Å². The van der Waals surface area contributed by atoms with Crippen LogP contribution < -0.4 is 9.64 Å². The first-order chi connectivity index (χ1) is 15.8. The predicted octanol–water partition coefficient (Wildman–Crippen LogP) is 3.45. The van der Waals surface area contributed by atoms with Gasteiger partial charge in [-0.05, 0) is 31.2 Å². The molecule has 1 saturated heterocycles. The number of anilines is 1. The van der Waals surface area contributed by atoms with Crippen LogP contribution in [0.1, 0.15) is 17.3 Å². The van der Waals surface area contributed by atoms with Gasteiger partial charge in [-0.1, -0.05) is 17.7 Å². The summed E-state index contributed by atoms with van der Waals surface area (Å²) >= 11 is 5.91. The third kappa shape index (κ3) is 5.01. The van der Waals surface area contributed by atoms with Crippen LogP contribution in [0, 0.1) is 5.82 Å². The molecule has 0 N–H and O–H groups in total. The lowest BCUT2D eigenvalue weighted by molar-refractivity contribution is 0.0824. The van der Waals surface area contributed by atoms with Gasteiger partial charge in [-0.25, -0.2) is 9.37 Å². The van der Waals surface area contributed by atoms with E-state index in [1.54, 1.807) is 26.2 Å². The highest BCUT2D eigenvalue weighted by Gasteiger charge is 2.25. The van der Waals surface area contributed by atoms with Crippen molar-refractivity contribution in [2.24, 2.45) is 0 Å². The molecule has 0 radical (unpaired) electrons. The van der Waals surface area contributed by atoms with E-state index in [9.17, 15) is 9.18 Å². The first kappa shape index (κ1) is 22.8. The molecule has 1 aromatic carbocycles. The van der Waals surface area contributed by atoms with Crippen LogP contribution in [0.3, 0.4) is 0 Å². The Labute approximate surface area is 195 Å². The molecule has 33 heavy (non-hydrogen) atoms. The SMILES string of the molecule is CC1COCCN1c1nc(Oc2c(F)cccc2C(=O)N(C)C)nc(-c2ccc(Cl)nc2)n1. The fraction of sp³-hybridized carbons (Fsp3) is 0.318. The second-order valence-electron chi connectivity index (χ2n) is 7.65. The average molecular weight is 473 g/mol. The van der Waals surface area contributed by atoms with Crippen LogP contribution in [0.15, 0.2) is 36.5 Å². The molecule has 0 saturated carbocycles. The first-order valence-electron chi connectivity index (χ1n) is 10.2. The lowest BCUT2D eigenvalue weighted by atomic mass is 10.1. The van der Waals surface area contributed by atoms with Crippen LogP contribution >= 0.6 is 11.6 Å². The summed E-state index contributed by atoms with van der Waals surface area (Å²) in [6.07, 6.45) is 1.53. The summed E-state index contributed by atoms with van der Waals surface area (Å²) in [5, 5.41) is 0.324. The molecule has 0 spiro atoms. The Balaban J connectivity index is 1.80. The minimum Gasteiger partial charge on any atom is -0.420 e. The minimum atomic E-state index is -0.709. The molecule has 1 aliphatic rings. The monoisotopic (exact) mass is 472 g/mol. The molecule has 0 bridgehead atoms. The molecule has 1 fully saturated rings. The van der Waals surface area contributed by atoms with Crippen LogP contribution in [0.2, 0.25) is 5.15 Å². The quantitative estimate of drug-likeness (QED) is 0.521. The van der Waals surface area contributed by atoms with E-state index in [-0.39, 0.29) is 29.2 Å². The van der Waals surface area contributed by atoms with Gasteiger partial charge in [0.1, 0.15) is 5.15 Å². The van der Waals surface area contributed by atoms with Gasteiger partial charge in [-0.3, -0.25) is 4.79 Å². The van der Waals surface area contributed by atoms with Crippen LogP contribution in [0.5, 0.6) is 11.8 Å². The molecule has 1 aliphatic heterocycles. The number of carbonyl (C=O) groups is 1. The largest absolute Gasteiger partial charge is 0.420 e. The Hall–Kier alpha value is -3.37. The smallest absolute Gasteiger partial charge is 0.327 e. The van der Waals surface area contributed by atoms with Crippen LogP contribution in [-0.4, -0.2) is 70.6 Å². The number of hydrogen-bond acceptors (Lipinski definition) is 8. The van der Waals surface area contributed by atoms with Crippen molar-refractivity contribution in [1.29, 1.82) is 0 Å². The second kappa shape index (κ2) is 9.63. The summed E-state index contributed by atoms with van der Waals surface area (Å²) in [6.45, 7) is 3.57. The van der Waals surface area contributed by atoms with Crippen LogP contribution in [0.25, 0.3) is 11.4 Å². The number of nitrogens with zero attached hydrogens (tertiary/aromatic N) is 6. The standard InChI is InChI=1S/C22H22ClFN6O3/c1-13-12-32-10-9-30(13)21-26-19(14-7-8-17(23)25-11-14)27-22(28-21)33-18-15(20(31)29(2)3)5-4-6-16(18)24/h4-8,11,13H,9-10,12H2,1-3H3. The van der Waals surface area contributed by atoms with Gasteiger partial charge >= 0.3 is 6.01 Å². The molecule has 11 heteroatoms. The number of amides is 1.